The highest BCUT2D eigenvalue weighted by molar-refractivity contribution is 6.19. The number of carbonyl (C=O) groups is 2. The number of Topliss-reactive ketones (excluding diaryl/α,β-unsaturated/α-hetero) is 1. The Kier molecular flexibility index (Phi) is 4.94. The zero-order chi connectivity index (χ0) is 19.5. The highest BCUT2D eigenvalue weighted by atomic mass is 16.6. The van der Waals surface area contributed by atoms with Crippen LogP contribution in [0.1, 0.15) is 17.5 Å². The molecule has 0 spiro atoms. The van der Waals surface area contributed by atoms with Gasteiger partial charge in [-0.15, -0.1) is 0 Å². The molecule has 0 radical (unpaired) electrons. The molecule has 1 heterocycles. The maximum absolute atomic E-state index is 12.7. The van der Waals surface area contributed by atoms with Gasteiger partial charge in [0.25, 0.3) is 0 Å². The lowest BCUT2D eigenvalue weighted by atomic mass is 9.98. The molecule has 0 saturated heterocycles. The van der Waals surface area contributed by atoms with E-state index in [0.717, 1.165) is 21.9 Å². The molecule has 1 aliphatic heterocycles. The largest absolute Gasteiger partial charge is 0.507 e. The second-order valence-electron chi connectivity index (χ2n) is 6.96. The summed E-state index contributed by atoms with van der Waals surface area (Å²) in [4.78, 5) is 24.9. The predicted molar refractivity (Wildman–Crippen MR) is 107 cm³/mol. The molecular weight excluding hydrogens is 352 g/mol. The second-order valence-corrected chi connectivity index (χ2v) is 6.96. The zero-order valence-electron chi connectivity index (χ0n) is 15.3. The third-order valence-electron chi connectivity index (χ3n) is 5.01. The number of rotatable bonds is 6. The minimum atomic E-state index is -0.761. The van der Waals surface area contributed by atoms with Gasteiger partial charge in [-0.3, -0.25) is 4.79 Å². The first-order valence-corrected chi connectivity index (χ1v) is 9.31. The van der Waals surface area contributed by atoms with Crippen molar-refractivity contribution >= 4 is 22.5 Å². The predicted octanol–water partition coefficient (Wildman–Crippen LogP) is 4.32. The maximum Gasteiger partial charge on any atom is 0.346 e. The molecule has 1 aliphatic rings. The molecule has 0 fully saturated rings. The fraction of sp³-hybridized carbons (Fsp3) is 0.167. The summed E-state index contributed by atoms with van der Waals surface area (Å²) in [5.74, 6) is -1.40. The van der Waals surface area contributed by atoms with Crippen molar-refractivity contribution in [1.29, 1.82) is 0 Å². The molecule has 3 aromatic rings. The van der Waals surface area contributed by atoms with E-state index in [1.165, 1.54) is 0 Å². The van der Waals surface area contributed by atoms with Crippen molar-refractivity contribution in [2.75, 3.05) is 0 Å². The van der Waals surface area contributed by atoms with Gasteiger partial charge in [0.15, 0.2) is 17.6 Å². The fourth-order valence-corrected chi connectivity index (χ4v) is 3.53. The Balaban J connectivity index is 1.48. The van der Waals surface area contributed by atoms with E-state index in [9.17, 15) is 14.7 Å². The quantitative estimate of drug-likeness (QED) is 0.517. The standard InChI is InChI=1S/C24H20O4/c25-20(15-17-10-12-18-8-4-5-9-19(18)14-17)22-23(26)21(28-24(22)27)13-11-16-6-2-1-3-7-16/h1-10,12,14,21,26H,11,13,15H2. The van der Waals surface area contributed by atoms with E-state index in [1.54, 1.807) is 0 Å². The third-order valence-corrected chi connectivity index (χ3v) is 5.01. The third kappa shape index (κ3) is 3.67. The summed E-state index contributed by atoms with van der Waals surface area (Å²) in [7, 11) is 0. The average molecular weight is 372 g/mol. The Labute approximate surface area is 163 Å². The molecule has 140 valence electrons. The average Bonchev–Trinajstić information content (AvgIpc) is 3.00. The molecule has 3 aromatic carbocycles. The van der Waals surface area contributed by atoms with E-state index in [-0.39, 0.29) is 17.8 Å². The molecule has 0 saturated carbocycles. The first-order chi connectivity index (χ1) is 13.6. The number of carbonyl (C=O) groups excluding carboxylic acids is 2. The molecule has 4 heteroatoms. The fourth-order valence-electron chi connectivity index (χ4n) is 3.53. The summed E-state index contributed by atoms with van der Waals surface area (Å²) in [6.07, 6.45) is 0.372. The number of ether oxygens (including phenoxy) is 1. The van der Waals surface area contributed by atoms with Crippen LogP contribution in [0.4, 0.5) is 0 Å². The molecule has 0 aromatic heterocycles. The van der Waals surface area contributed by atoms with Crippen LogP contribution in [0.3, 0.4) is 0 Å². The lowest BCUT2D eigenvalue weighted by Crippen LogP contribution is -2.14. The Morgan fingerprint density at radius 2 is 1.61 bits per heavy atom. The van der Waals surface area contributed by atoms with Crippen LogP contribution in [-0.2, 0) is 27.2 Å². The summed E-state index contributed by atoms with van der Waals surface area (Å²) in [5, 5.41) is 12.5. The molecule has 4 rings (SSSR count). The number of hydrogen-bond acceptors (Lipinski definition) is 4. The summed E-state index contributed by atoms with van der Waals surface area (Å²) >= 11 is 0. The highest BCUT2D eigenvalue weighted by Gasteiger charge is 2.37. The number of cyclic esters (lactones) is 1. The van der Waals surface area contributed by atoms with Crippen LogP contribution < -0.4 is 0 Å². The van der Waals surface area contributed by atoms with Gasteiger partial charge in [0.1, 0.15) is 5.57 Å². The normalized spacial score (nSPS) is 16.4. The topological polar surface area (TPSA) is 63.6 Å². The number of aliphatic hydroxyl groups excluding tert-OH is 1. The SMILES string of the molecule is O=C(Cc1ccc2ccccc2c1)C1=C(O)C(CCc2ccccc2)OC1=O. The van der Waals surface area contributed by atoms with Gasteiger partial charge in [0.05, 0.1) is 0 Å². The summed E-state index contributed by atoms with van der Waals surface area (Å²) < 4.78 is 5.25. The lowest BCUT2D eigenvalue weighted by Gasteiger charge is -2.09. The maximum atomic E-state index is 12.7. The van der Waals surface area contributed by atoms with Gasteiger partial charge in [-0.2, -0.15) is 0 Å². The number of hydrogen-bond donors (Lipinski definition) is 1. The number of fused-ring (bicyclic) bond motifs is 1. The Morgan fingerprint density at radius 1 is 0.893 bits per heavy atom. The Morgan fingerprint density at radius 3 is 2.39 bits per heavy atom. The van der Waals surface area contributed by atoms with Gasteiger partial charge in [-0.25, -0.2) is 4.79 Å². The number of aryl methyl sites for hydroxylation is 1. The van der Waals surface area contributed by atoms with Crippen LogP contribution in [0, 0.1) is 0 Å². The van der Waals surface area contributed by atoms with Gasteiger partial charge in [-0.05, 0) is 34.7 Å². The summed E-state index contributed by atoms with van der Waals surface area (Å²) in [5.41, 5.74) is 1.66. The molecule has 28 heavy (non-hydrogen) atoms. The van der Waals surface area contributed by atoms with Crippen molar-refractivity contribution in [3.63, 3.8) is 0 Å². The lowest BCUT2D eigenvalue weighted by molar-refractivity contribution is -0.141. The van der Waals surface area contributed by atoms with Crippen molar-refractivity contribution in [3.8, 4) is 0 Å². The van der Waals surface area contributed by atoms with Crippen molar-refractivity contribution in [2.45, 2.75) is 25.4 Å². The van der Waals surface area contributed by atoms with E-state index in [1.807, 2.05) is 72.8 Å². The van der Waals surface area contributed by atoms with E-state index in [0.29, 0.717) is 12.8 Å². The number of benzene rings is 3. The first-order valence-electron chi connectivity index (χ1n) is 9.31. The van der Waals surface area contributed by atoms with Crippen molar-refractivity contribution in [3.05, 3.63) is 95.3 Å². The number of ketones is 1. The van der Waals surface area contributed by atoms with Gasteiger partial charge in [-0.1, -0.05) is 72.8 Å². The monoisotopic (exact) mass is 372 g/mol. The van der Waals surface area contributed by atoms with Gasteiger partial charge >= 0.3 is 5.97 Å². The Hall–Kier alpha value is -3.40. The van der Waals surface area contributed by atoms with E-state index < -0.39 is 17.9 Å². The Bertz CT molecular complexity index is 1070. The second kappa shape index (κ2) is 7.69. The number of esters is 1. The first kappa shape index (κ1) is 18.0. The minimum absolute atomic E-state index is 0.0464. The van der Waals surface area contributed by atoms with Gasteiger partial charge in [0, 0.05) is 6.42 Å². The molecule has 1 atom stereocenters. The van der Waals surface area contributed by atoms with E-state index >= 15 is 0 Å². The van der Waals surface area contributed by atoms with Crippen LogP contribution in [0.15, 0.2) is 84.1 Å². The number of aliphatic hydroxyl groups is 1. The smallest absolute Gasteiger partial charge is 0.346 e. The van der Waals surface area contributed by atoms with Gasteiger partial charge in [0.2, 0.25) is 0 Å². The molecule has 1 unspecified atom stereocenters. The van der Waals surface area contributed by atoms with Crippen LogP contribution in [0.5, 0.6) is 0 Å². The van der Waals surface area contributed by atoms with E-state index in [2.05, 4.69) is 0 Å². The van der Waals surface area contributed by atoms with Crippen LogP contribution in [0.2, 0.25) is 0 Å². The summed E-state index contributed by atoms with van der Waals surface area (Å²) in [6.45, 7) is 0. The van der Waals surface area contributed by atoms with Crippen LogP contribution in [0.25, 0.3) is 10.8 Å². The van der Waals surface area contributed by atoms with Crippen LogP contribution in [-0.4, -0.2) is 23.0 Å². The highest BCUT2D eigenvalue weighted by Crippen LogP contribution is 2.26. The molecule has 0 amide bonds. The molecule has 0 bridgehead atoms. The zero-order valence-corrected chi connectivity index (χ0v) is 15.3. The van der Waals surface area contributed by atoms with Crippen LogP contribution >= 0.6 is 0 Å². The molecule has 4 nitrogen and oxygen atoms in total. The van der Waals surface area contributed by atoms with Crippen molar-refractivity contribution in [1.82, 2.24) is 0 Å². The molecular formula is C24H20O4. The van der Waals surface area contributed by atoms with Crippen molar-refractivity contribution in [2.24, 2.45) is 0 Å². The van der Waals surface area contributed by atoms with Crippen molar-refractivity contribution < 1.29 is 19.4 Å². The minimum Gasteiger partial charge on any atom is -0.507 e. The molecule has 0 aliphatic carbocycles. The summed E-state index contributed by atoms with van der Waals surface area (Å²) in [6, 6.07) is 23.4. The molecule has 1 N–H and O–H groups in total. The van der Waals surface area contributed by atoms with Gasteiger partial charge < -0.3 is 9.84 Å². The van der Waals surface area contributed by atoms with E-state index in [4.69, 9.17) is 4.74 Å².